The summed E-state index contributed by atoms with van der Waals surface area (Å²) < 4.78 is 38.5. The van der Waals surface area contributed by atoms with Crippen molar-refractivity contribution in [1.82, 2.24) is 15.5 Å². The summed E-state index contributed by atoms with van der Waals surface area (Å²) in [5, 5.41) is 5.54. The Morgan fingerprint density at radius 1 is 1.21 bits per heavy atom. The molecule has 0 aliphatic heterocycles. The molecule has 19 heavy (non-hydrogen) atoms. The van der Waals surface area contributed by atoms with Crippen molar-refractivity contribution in [3.8, 4) is 0 Å². The lowest BCUT2D eigenvalue weighted by molar-refractivity contribution is -0.188. The van der Waals surface area contributed by atoms with Gasteiger partial charge in [-0.2, -0.15) is 13.2 Å². The Kier molecular flexibility index (Phi) is 5.90. The van der Waals surface area contributed by atoms with E-state index in [1.165, 1.54) is 4.90 Å². The molecule has 0 saturated heterocycles. The van der Waals surface area contributed by atoms with Gasteiger partial charge in [-0.3, -0.25) is 0 Å². The van der Waals surface area contributed by atoms with Crippen LogP contribution in [0.25, 0.3) is 0 Å². The van der Waals surface area contributed by atoms with Gasteiger partial charge in [-0.15, -0.1) is 0 Å². The molecule has 1 saturated carbocycles. The van der Waals surface area contributed by atoms with Gasteiger partial charge in [-0.1, -0.05) is 12.8 Å². The normalized spacial score (nSPS) is 24.1. The van der Waals surface area contributed by atoms with Crippen molar-refractivity contribution in [2.24, 2.45) is 5.92 Å². The maximum absolute atomic E-state index is 12.8. The molecule has 1 aliphatic carbocycles. The van der Waals surface area contributed by atoms with E-state index in [4.69, 9.17) is 0 Å². The van der Waals surface area contributed by atoms with Crippen LogP contribution in [-0.4, -0.2) is 50.3 Å². The monoisotopic (exact) mass is 281 g/mol. The zero-order valence-corrected chi connectivity index (χ0v) is 11.4. The molecule has 112 valence electrons. The van der Waals surface area contributed by atoms with Gasteiger partial charge < -0.3 is 15.5 Å². The third-order valence-corrected chi connectivity index (χ3v) is 3.40. The molecule has 2 N–H and O–H groups in total. The number of halogens is 3. The summed E-state index contributed by atoms with van der Waals surface area (Å²) in [6.07, 6.45) is -1.92. The van der Waals surface area contributed by atoms with Crippen LogP contribution in [0.3, 0.4) is 0 Å². The Bertz CT molecular complexity index is 294. The second-order valence-electron chi connectivity index (χ2n) is 5.12. The number of urea groups is 1. The number of hydrogen-bond acceptors (Lipinski definition) is 2. The average Bonchev–Trinajstić information content (AvgIpc) is 2.33. The number of amides is 2. The van der Waals surface area contributed by atoms with Gasteiger partial charge in [0, 0.05) is 33.2 Å². The minimum atomic E-state index is -4.13. The highest BCUT2D eigenvalue weighted by Crippen LogP contribution is 2.37. The van der Waals surface area contributed by atoms with Crippen LogP contribution >= 0.6 is 0 Å². The predicted octanol–water partition coefficient (Wildman–Crippen LogP) is 1.97. The summed E-state index contributed by atoms with van der Waals surface area (Å²) in [5.74, 6) is -1.26. The molecule has 2 amide bonds. The minimum Gasteiger partial charge on any atom is -0.337 e. The molecule has 2 unspecified atom stereocenters. The third-order valence-electron chi connectivity index (χ3n) is 3.40. The van der Waals surface area contributed by atoms with Gasteiger partial charge in [0.15, 0.2) is 0 Å². The molecule has 0 radical (unpaired) electrons. The molecule has 0 spiro atoms. The van der Waals surface area contributed by atoms with Crippen LogP contribution in [0, 0.1) is 5.92 Å². The quantitative estimate of drug-likeness (QED) is 0.774. The first-order valence-electron chi connectivity index (χ1n) is 6.57. The van der Waals surface area contributed by atoms with E-state index in [0.29, 0.717) is 25.9 Å². The number of hydrogen-bond donors (Lipinski definition) is 2. The van der Waals surface area contributed by atoms with Crippen LogP contribution in [0.5, 0.6) is 0 Å². The van der Waals surface area contributed by atoms with E-state index in [9.17, 15) is 18.0 Å². The molecular formula is C12H22F3N3O. The Morgan fingerprint density at radius 3 is 2.42 bits per heavy atom. The molecule has 4 nitrogen and oxygen atoms in total. The summed E-state index contributed by atoms with van der Waals surface area (Å²) in [7, 11) is 3.23. The Morgan fingerprint density at radius 2 is 1.84 bits per heavy atom. The molecule has 0 heterocycles. The summed E-state index contributed by atoms with van der Waals surface area (Å²) in [6.45, 7) is 0.689. The largest absolute Gasteiger partial charge is 0.393 e. The first-order chi connectivity index (χ1) is 8.82. The van der Waals surface area contributed by atoms with Crippen molar-refractivity contribution in [3.63, 3.8) is 0 Å². The Balaban J connectivity index is 2.32. The third kappa shape index (κ3) is 5.26. The first-order valence-corrected chi connectivity index (χ1v) is 6.57. The second kappa shape index (κ2) is 6.98. The van der Waals surface area contributed by atoms with Crippen molar-refractivity contribution in [2.45, 2.75) is 37.9 Å². The second-order valence-corrected chi connectivity index (χ2v) is 5.12. The van der Waals surface area contributed by atoms with E-state index in [1.54, 1.807) is 14.1 Å². The lowest BCUT2D eigenvalue weighted by Crippen LogP contribution is -2.48. The van der Waals surface area contributed by atoms with Crippen molar-refractivity contribution < 1.29 is 18.0 Å². The summed E-state index contributed by atoms with van der Waals surface area (Å²) in [4.78, 5) is 12.6. The van der Waals surface area contributed by atoms with E-state index in [0.717, 1.165) is 6.42 Å². The van der Waals surface area contributed by atoms with Crippen LogP contribution in [0.1, 0.15) is 25.7 Å². The van der Waals surface area contributed by atoms with Gasteiger partial charge in [0.25, 0.3) is 0 Å². The topological polar surface area (TPSA) is 44.4 Å². The van der Waals surface area contributed by atoms with Gasteiger partial charge in [0.1, 0.15) is 0 Å². The molecule has 0 aromatic carbocycles. The number of nitrogens with zero attached hydrogens (tertiary/aromatic N) is 1. The highest BCUT2D eigenvalue weighted by Gasteiger charge is 2.45. The number of rotatable bonds is 4. The van der Waals surface area contributed by atoms with Gasteiger partial charge in [0.05, 0.1) is 5.92 Å². The average molecular weight is 281 g/mol. The fourth-order valence-corrected chi connectivity index (χ4v) is 2.35. The predicted molar refractivity (Wildman–Crippen MR) is 66.9 cm³/mol. The smallest absolute Gasteiger partial charge is 0.337 e. The van der Waals surface area contributed by atoms with Gasteiger partial charge in [0.2, 0.25) is 0 Å². The summed E-state index contributed by atoms with van der Waals surface area (Å²) in [5.41, 5.74) is 0. The lowest BCUT2D eigenvalue weighted by atomic mass is 9.84. The van der Waals surface area contributed by atoms with Gasteiger partial charge >= 0.3 is 12.2 Å². The van der Waals surface area contributed by atoms with E-state index < -0.39 is 18.1 Å². The standard InChI is InChI=1S/C12H22F3N3O/c1-18(2)11(19)17-8-7-16-10-6-4-3-5-9(10)12(13,14)15/h9-10,16H,3-8H2,1-2H3,(H,17,19). The van der Waals surface area contributed by atoms with Crippen molar-refractivity contribution >= 4 is 6.03 Å². The summed E-state index contributed by atoms with van der Waals surface area (Å²) >= 11 is 0. The molecule has 0 aromatic heterocycles. The Hall–Kier alpha value is -0.980. The molecule has 0 bridgehead atoms. The zero-order valence-electron chi connectivity index (χ0n) is 11.4. The van der Waals surface area contributed by atoms with Gasteiger partial charge in [-0.05, 0) is 12.8 Å². The first kappa shape index (κ1) is 16.1. The van der Waals surface area contributed by atoms with E-state index in [2.05, 4.69) is 10.6 Å². The maximum atomic E-state index is 12.8. The van der Waals surface area contributed by atoms with Crippen molar-refractivity contribution in [3.05, 3.63) is 0 Å². The fraction of sp³-hybridized carbons (Fsp3) is 0.917. The number of alkyl halides is 3. The summed E-state index contributed by atoms with van der Waals surface area (Å²) in [6, 6.07) is -0.761. The van der Waals surface area contributed by atoms with E-state index in [1.807, 2.05) is 0 Å². The minimum absolute atomic E-state index is 0.200. The Labute approximate surface area is 111 Å². The van der Waals surface area contributed by atoms with E-state index >= 15 is 0 Å². The van der Waals surface area contributed by atoms with Crippen LogP contribution < -0.4 is 10.6 Å². The molecule has 1 rings (SSSR count). The highest BCUT2D eigenvalue weighted by atomic mass is 19.4. The van der Waals surface area contributed by atoms with Crippen molar-refractivity contribution in [1.29, 1.82) is 0 Å². The molecule has 1 aliphatic rings. The van der Waals surface area contributed by atoms with Crippen LogP contribution in [-0.2, 0) is 0 Å². The zero-order chi connectivity index (χ0) is 14.5. The number of carbonyl (C=O) groups is 1. The molecular weight excluding hydrogens is 259 g/mol. The van der Waals surface area contributed by atoms with Crippen molar-refractivity contribution in [2.75, 3.05) is 27.2 Å². The molecule has 1 fully saturated rings. The van der Waals surface area contributed by atoms with Crippen LogP contribution in [0.2, 0.25) is 0 Å². The number of nitrogens with one attached hydrogen (secondary N) is 2. The van der Waals surface area contributed by atoms with Crippen LogP contribution in [0.4, 0.5) is 18.0 Å². The van der Waals surface area contributed by atoms with E-state index in [-0.39, 0.29) is 12.5 Å². The maximum Gasteiger partial charge on any atom is 0.393 e. The molecule has 0 aromatic rings. The van der Waals surface area contributed by atoms with Gasteiger partial charge in [-0.25, -0.2) is 4.79 Å². The fourth-order valence-electron chi connectivity index (χ4n) is 2.35. The number of carbonyl (C=O) groups excluding carboxylic acids is 1. The van der Waals surface area contributed by atoms with Crippen LogP contribution in [0.15, 0.2) is 0 Å². The lowest BCUT2D eigenvalue weighted by Gasteiger charge is -2.33. The highest BCUT2D eigenvalue weighted by molar-refractivity contribution is 5.73. The molecule has 2 atom stereocenters. The SMILES string of the molecule is CN(C)C(=O)NCCNC1CCCCC1C(F)(F)F. The molecule has 7 heteroatoms.